The van der Waals surface area contributed by atoms with E-state index in [1.54, 1.807) is 29.3 Å². The van der Waals surface area contributed by atoms with Gasteiger partial charge in [0.25, 0.3) is 0 Å². The number of halogens is 1. The third-order valence-corrected chi connectivity index (χ3v) is 3.97. The Morgan fingerprint density at radius 3 is 3.04 bits per heavy atom. The first kappa shape index (κ1) is 12.2. The Balaban J connectivity index is 1.76. The summed E-state index contributed by atoms with van der Waals surface area (Å²) in [5.74, 6) is -0.0179. The Bertz CT molecular complexity index is 1100. The van der Waals surface area contributed by atoms with Crippen LogP contribution in [0, 0.1) is 17.1 Å². The van der Waals surface area contributed by atoms with Gasteiger partial charge in [-0.3, -0.25) is 4.98 Å². The molecule has 0 N–H and O–H groups in total. The second-order valence-corrected chi connectivity index (χ2v) is 5.65. The molecule has 0 fully saturated rings. The number of anilines is 1. The summed E-state index contributed by atoms with van der Waals surface area (Å²) in [7, 11) is 0. The molecule has 4 rings (SSSR count). The fourth-order valence-corrected chi connectivity index (χ4v) is 2.82. The van der Waals surface area contributed by atoms with Gasteiger partial charge in [0.2, 0.25) is 5.89 Å². The predicted octanol–water partition coefficient (Wildman–Crippen LogP) is 3.70. The van der Waals surface area contributed by atoms with Crippen LogP contribution in [-0.2, 0) is 13.0 Å². The molecule has 1 aromatic carbocycles. The minimum atomic E-state index is -1.10. The number of nitriles is 1. The highest BCUT2D eigenvalue weighted by Gasteiger charge is 2.22. The Kier molecular flexibility index (Phi) is 3.11. The minimum Gasteiger partial charge on any atom is -0.440 e. The third-order valence-electron chi connectivity index (χ3n) is 3.97. The number of rotatable bonds is 2. The van der Waals surface area contributed by atoms with Gasteiger partial charge in [-0.2, -0.15) is 5.26 Å². The van der Waals surface area contributed by atoms with Crippen molar-refractivity contribution in [2.45, 2.75) is 19.4 Å². The first-order valence-electron chi connectivity index (χ1n) is 9.35. The number of pyridine rings is 1. The van der Waals surface area contributed by atoms with Crippen molar-refractivity contribution in [3.63, 3.8) is 0 Å². The van der Waals surface area contributed by atoms with E-state index in [0.717, 1.165) is 0 Å². The number of benzene rings is 1. The van der Waals surface area contributed by atoms with Gasteiger partial charge >= 0.3 is 0 Å². The molecule has 0 amide bonds. The summed E-state index contributed by atoms with van der Waals surface area (Å²) in [6.45, 7) is 0.662. The fraction of sp³-hybridized carbons (Fsp3) is 0.211. The lowest BCUT2D eigenvalue weighted by Gasteiger charge is -2.22. The fourth-order valence-electron chi connectivity index (χ4n) is 2.82. The molecule has 6 heteroatoms. The van der Waals surface area contributed by atoms with Gasteiger partial charge < -0.3 is 9.32 Å². The van der Waals surface area contributed by atoms with Crippen LogP contribution in [0.1, 0.15) is 27.6 Å². The topological polar surface area (TPSA) is 66.0 Å². The van der Waals surface area contributed by atoms with Crippen molar-refractivity contribution in [3.05, 3.63) is 65.4 Å². The smallest absolute Gasteiger partial charge is 0.245 e. The molecular weight excluding hydrogens is 319 g/mol. The average molecular weight is 337 g/mol. The quantitative estimate of drug-likeness (QED) is 0.713. The molecule has 0 saturated carbocycles. The molecule has 0 aliphatic carbocycles. The SMILES string of the molecule is [2H]c1c(F)c([2H])c(N2CCCc3oc(-c4ccccn4)nc3C2)c([2H])c1C#N. The second kappa shape index (κ2) is 6.36. The van der Waals surface area contributed by atoms with E-state index < -0.39 is 17.9 Å². The van der Waals surface area contributed by atoms with E-state index in [4.69, 9.17) is 8.53 Å². The van der Waals surface area contributed by atoms with E-state index in [-0.39, 0.29) is 23.8 Å². The van der Waals surface area contributed by atoms with Gasteiger partial charge in [0.15, 0.2) is 0 Å². The van der Waals surface area contributed by atoms with Crippen LogP contribution in [0.4, 0.5) is 10.1 Å². The molecule has 0 atom stereocenters. The highest BCUT2D eigenvalue weighted by Crippen LogP contribution is 2.28. The van der Waals surface area contributed by atoms with Gasteiger partial charge in [-0.25, -0.2) is 9.37 Å². The number of oxazole rings is 1. The van der Waals surface area contributed by atoms with E-state index in [1.165, 1.54) is 0 Å². The highest BCUT2D eigenvalue weighted by molar-refractivity contribution is 5.53. The van der Waals surface area contributed by atoms with E-state index in [0.29, 0.717) is 42.4 Å². The Morgan fingerprint density at radius 2 is 2.24 bits per heavy atom. The van der Waals surface area contributed by atoms with E-state index in [9.17, 15) is 9.65 Å². The van der Waals surface area contributed by atoms with Gasteiger partial charge in [0.05, 0.1) is 22.3 Å². The van der Waals surface area contributed by atoms with Crippen LogP contribution >= 0.6 is 0 Å². The maximum Gasteiger partial charge on any atom is 0.245 e. The van der Waals surface area contributed by atoms with Crippen molar-refractivity contribution < 1.29 is 12.9 Å². The molecule has 124 valence electrons. The summed E-state index contributed by atoms with van der Waals surface area (Å²) in [4.78, 5) is 10.4. The average Bonchev–Trinajstić information content (AvgIpc) is 3.00. The lowest BCUT2D eigenvalue weighted by molar-refractivity contribution is 0.511. The van der Waals surface area contributed by atoms with Crippen molar-refractivity contribution in [3.8, 4) is 17.7 Å². The zero-order valence-corrected chi connectivity index (χ0v) is 13.2. The number of fused-ring (bicyclic) bond motifs is 1. The molecule has 2 aromatic heterocycles. The van der Waals surface area contributed by atoms with Gasteiger partial charge in [-0.1, -0.05) is 6.07 Å². The molecule has 3 aromatic rings. The zero-order valence-electron chi connectivity index (χ0n) is 16.2. The summed E-state index contributed by atoms with van der Waals surface area (Å²) >= 11 is 0. The van der Waals surface area contributed by atoms with Crippen LogP contribution in [-0.4, -0.2) is 16.5 Å². The van der Waals surface area contributed by atoms with Gasteiger partial charge in [0, 0.05) is 24.8 Å². The third kappa shape index (κ3) is 3.09. The molecule has 0 bridgehead atoms. The Morgan fingerprint density at radius 1 is 1.32 bits per heavy atom. The normalized spacial score (nSPS) is 15.5. The number of hydrogen-bond acceptors (Lipinski definition) is 5. The summed E-state index contributed by atoms with van der Waals surface area (Å²) in [5, 5.41) is 9.21. The van der Waals surface area contributed by atoms with Crippen LogP contribution in [0.2, 0.25) is 0 Å². The molecule has 1 aliphatic rings. The first-order valence-corrected chi connectivity index (χ1v) is 7.85. The van der Waals surface area contributed by atoms with Crippen molar-refractivity contribution in [1.29, 1.82) is 5.26 Å². The zero-order chi connectivity index (χ0) is 19.8. The summed E-state index contributed by atoms with van der Waals surface area (Å²) in [5.41, 5.74) is 0.856. The summed E-state index contributed by atoms with van der Waals surface area (Å²) < 4.78 is 44.1. The predicted molar refractivity (Wildman–Crippen MR) is 90.2 cm³/mol. The Labute approximate surface area is 148 Å². The van der Waals surface area contributed by atoms with Gasteiger partial charge in [0.1, 0.15) is 23.0 Å². The maximum atomic E-state index is 14.3. The molecule has 0 spiro atoms. The molecule has 5 nitrogen and oxygen atoms in total. The molecular formula is C19H15FN4O. The van der Waals surface area contributed by atoms with Crippen LogP contribution in [0.15, 0.2) is 46.9 Å². The lowest BCUT2D eigenvalue weighted by atomic mass is 10.2. The Hall–Kier alpha value is -3.20. The summed E-state index contributed by atoms with van der Waals surface area (Å²) in [6, 6.07) is 5.54. The highest BCUT2D eigenvalue weighted by atomic mass is 19.1. The largest absolute Gasteiger partial charge is 0.440 e. The molecule has 25 heavy (non-hydrogen) atoms. The van der Waals surface area contributed by atoms with E-state index >= 15 is 0 Å². The monoisotopic (exact) mass is 337 g/mol. The van der Waals surface area contributed by atoms with Crippen molar-refractivity contribution in [1.82, 2.24) is 9.97 Å². The molecule has 3 heterocycles. The van der Waals surface area contributed by atoms with E-state index in [2.05, 4.69) is 9.97 Å². The number of aryl methyl sites for hydroxylation is 1. The molecule has 0 saturated heterocycles. The number of nitrogens with zero attached hydrogens (tertiary/aromatic N) is 4. The number of aromatic nitrogens is 2. The van der Waals surface area contributed by atoms with Crippen LogP contribution < -0.4 is 4.90 Å². The maximum absolute atomic E-state index is 14.3. The minimum absolute atomic E-state index is 0.000265. The van der Waals surface area contributed by atoms with Gasteiger partial charge in [-0.15, -0.1) is 0 Å². The van der Waals surface area contributed by atoms with Gasteiger partial charge in [-0.05, 0) is 36.7 Å². The van der Waals surface area contributed by atoms with Crippen LogP contribution in [0.3, 0.4) is 0 Å². The second-order valence-electron chi connectivity index (χ2n) is 5.65. The van der Waals surface area contributed by atoms with Crippen LogP contribution in [0.5, 0.6) is 0 Å². The van der Waals surface area contributed by atoms with Crippen LogP contribution in [0.25, 0.3) is 11.6 Å². The first-order chi connectivity index (χ1) is 13.5. The number of hydrogen-bond donors (Lipinski definition) is 0. The lowest BCUT2D eigenvalue weighted by Crippen LogP contribution is -2.23. The molecule has 1 aliphatic heterocycles. The van der Waals surface area contributed by atoms with Crippen molar-refractivity contribution >= 4 is 5.69 Å². The molecule has 0 unspecified atom stereocenters. The standard InChI is InChI=1S/C19H15FN4O/c20-14-8-13(11-21)9-15(10-14)24-7-3-5-18-17(12-24)23-19(25-18)16-4-1-2-6-22-16/h1-2,4,6,8-10H,3,5,7,12H2/i8D,9D,10D. The van der Waals surface area contributed by atoms with Crippen molar-refractivity contribution in [2.24, 2.45) is 0 Å². The summed E-state index contributed by atoms with van der Waals surface area (Å²) in [6.07, 6.45) is 2.90. The van der Waals surface area contributed by atoms with Crippen molar-refractivity contribution in [2.75, 3.05) is 11.4 Å². The molecule has 0 radical (unpaired) electrons. The van der Waals surface area contributed by atoms with E-state index in [1.807, 2.05) is 6.07 Å².